The fourth-order valence-electron chi connectivity index (χ4n) is 0.953. The molecular formula is C12H12O3. The molecule has 0 aromatic heterocycles. The number of aliphatic hydroxyl groups is 1. The predicted molar refractivity (Wildman–Crippen MR) is 56.0 cm³/mol. The van der Waals surface area contributed by atoms with Gasteiger partial charge in [0, 0.05) is 5.56 Å². The Hall–Kier alpha value is -1.79. The lowest BCUT2D eigenvalue weighted by Crippen LogP contribution is -2.21. The number of aliphatic hydroxyl groups excluding tert-OH is 1. The standard InChI is InChI=1S/C12H12O3/c1-2-15-12(14)11(13)9-8-10-6-4-3-5-7-10/h3-7,11,13H,2H2,1H3. The van der Waals surface area contributed by atoms with Crippen molar-refractivity contribution in [3.63, 3.8) is 0 Å². The SMILES string of the molecule is CCOC(=O)C(O)C#Cc1ccccc1. The lowest BCUT2D eigenvalue weighted by molar-refractivity contribution is -0.149. The van der Waals surface area contributed by atoms with Crippen molar-refractivity contribution in [2.24, 2.45) is 0 Å². The summed E-state index contributed by atoms with van der Waals surface area (Å²) in [4.78, 5) is 11.0. The number of carbonyl (C=O) groups excluding carboxylic acids is 1. The molecule has 1 N–H and O–H groups in total. The molecule has 0 amide bonds. The maximum Gasteiger partial charge on any atom is 0.347 e. The van der Waals surface area contributed by atoms with Gasteiger partial charge < -0.3 is 9.84 Å². The molecule has 0 bridgehead atoms. The number of ether oxygens (including phenoxy) is 1. The summed E-state index contributed by atoms with van der Waals surface area (Å²) >= 11 is 0. The maximum absolute atomic E-state index is 11.0. The number of carbonyl (C=O) groups is 1. The average Bonchev–Trinajstić information content (AvgIpc) is 2.27. The molecule has 1 aromatic rings. The summed E-state index contributed by atoms with van der Waals surface area (Å²) in [6, 6.07) is 9.13. The fourth-order valence-corrected chi connectivity index (χ4v) is 0.953. The predicted octanol–water partition coefficient (Wildman–Crippen LogP) is 0.962. The van der Waals surface area contributed by atoms with Gasteiger partial charge in [-0.15, -0.1) is 0 Å². The van der Waals surface area contributed by atoms with E-state index >= 15 is 0 Å². The van der Waals surface area contributed by atoms with Crippen molar-refractivity contribution in [3.8, 4) is 11.8 Å². The molecule has 3 heteroatoms. The molecule has 0 saturated carbocycles. The highest BCUT2D eigenvalue weighted by Crippen LogP contribution is 1.95. The third-order valence-electron chi connectivity index (χ3n) is 1.64. The summed E-state index contributed by atoms with van der Waals surface area (Å²) in [6.07, 6.45) is -1.37. The van der Waals surface area contributed by atoms with Gasteiger partial charge in [-0.2, -0.15) is 0 Å². The number of rotatable bonds is 2. The van der Waals surface area contributed by atoms with Crippen LogP contribution < -0.4 is 0 Å². The van der Waals surface area contributed by atoms with Crippen molar-refractivity contribution in [1.29, 1.82) is 0 Å². The van der Waals surface area contributed by atoms with Crippen molar-refractivity contribution >= 4 is 5.97 Å². The summed E-state index contributed by atoms with van der Waals surface area (Å²) < 4.78 is 4.60. The van der Waals surface area contributed by atoms with E-state index in [-0.39, 0.29) is 6.61 Å². The number of benzene rings is 1. The first-order valence-electron chi connectivity index (χ1n) is 4.65. The molecule has 0 radical (unpaired) electrons. The minimum atomic E-state index is -1.37. The molecular weight excluding hydrogens is 192 g/mol. The molecule has 0 spiro atoms. The molecule has 1 rings (SSSR count). The van der Waals surface area contributed by atoms with E-state index in [1.807, 2.05) is 18.2 Å². The van der Waals surface area contributed by atoms with E-state index in [1.165, 1.54) is 0 Å². The van der Waals surface area contributed by atoms with E-state index < -0.39 is 12.1 Å². The second-order valence-corrected chi connectivity index (χ2v) is 2.79. The van der Waals surface area contributed by atoms with E-state index in [0.29, 0.717) is 0 Å². The Morgan fingerprint density at radius 1 is 1.47 bits per heavy atom. The third kappa shape index (κ3) is 3.84. The quantitative estimate of drug-likeness (QED) is 0.576. The lowest BCUT2D eigenvalue weighted by atomic mass is 10.2. The van der Waals surface area contributed by atoms with Crippen LogP contribution in [0.5, 0.6) is 0 Å². The van der Waals surface area contributed by atoms with Crippen LogP contribution in [0, 0.1) is 11.8 Å². The van der Waals surface area contributed by atoms with E-state index in [1.54, 1.807) is 19.1 Å². The lowest BCUT2D eigenvalue weighted by Gasteiger charge is -2.01. The Kier molecular flexibility index (Phi) is 4.39. The summed E-state index contributed by atoms with van der Waals surface area (Å²) in [6.45, 7) is 1.91. The van der Waals surface area contributed by atoms with Gasteiger partial charge >= 0.3 is 5.97 Å². The third-order valence-corrected chi connectivity index (χ3v) is 1.64. The molecule has 0 saturated heterocycles. The molecule has 0 aliphatic rings. The Morgan fingerprint density at radius 2 is 2.13 bits per heavy atom. The summed E-state index contributed by atoms with van der Waals surface area (Å²) in [7, 11) is 0. The Balaban J connectivity index is 2.62. The molecule has 0 aliphatic carbocycles. The number of esters is 1. The number of hydrogen-bond acceptors (Lipinski definition) is 3. The Bertz CT molecular complexity index is 373. The highest BCUT2D eigenvalue weighted by Gasteiger charge is 2.11. The van der Waals surface area contributed by atoms with Crippen LogP contribution in [0.25, 0.3) is 0 Å². The Labute approximate surface area is 88.7 Å². The second-order valence-electron chi connectivity index (χ2n) is 2.79. The fraction of sp³-hybridized carbons (Fsp3) is 0.250. The minimum Gasteiger partial charge on any atom is -0.463 e. The summed E-state index contributed by atoms with van der Waals surface area (Å²) in [5.74, 6) is 4.39. The molecule has 1 atom stereocenters. The number of hydrogen-bond donors (Lipinski definition) is 1. The van der Waals surface area contributed by atoms with E-state index in [4.69, 9.17) is 0 Å². The minimum absolute atomic E-state index is 0.239. The van der Waals surface area contributed by atoms with Gasteiger partial charge in [-0.1, -0.05) is 30.0 Å². The van der Waals surface area contributed by atoms with Gasteiger partial charge in [0.1, 0.15) is 0 Å². The highest BCUT2D eigenvalue weighted by molar-refractivity contribution is 5.78. The van der Waals surface area contributed by atoms with E-state index in [2.05, 4.69) is 16.6 Å². The molecule has 3 nitrogen and oxygen atoms in total. The van der Waals surface area contributed by atoms with Crippen LogP contribution in [0.1, 0.15) is 12.5 Å². The first-order chi connectivity index (χ1) is 7.24. The van der Waals surface area contributed by atoms with Crippen LogP contribution in [-0.2, 0) is 9.53 Å². The molecule has 1 aromatic carbocycles. The van der Waals surface area contributed by atoms with Crippen LogP contribution in [0.2, 0.25) is 0 Å². The van der Waals surface area contributed by atoms with Gasteiger partial charge in [-0.25, -0.2) is 4.79 Å². The molecule has 78 valence electrons. The second kappa shape index (κ2) is 5.84. The zero-order chi connectivity index (χ0) is 11.1. The van der Waals surface area contributed by atoms with Gasteiger partial charge in [0.25, 0.3) is 0 Å². The smallest absolute Gasteiger partial charge is 0.347 e. The zero-order valence-corrected chi connectivity index (χ0v) is 8.43. The molecule has 0 heterocycles. The van der Waals surface area contributed by atoms with Gasteiger partial charge in [-0.3, -0.25) is 0 Å². The maximum atomic E-state index is 11.0. The van der Waals surface area contributed by atoms with Crippen LogP contribution in [0.15, 0.2) is 30.3 Å². The highest BCUT2D eigenvalue weighted by atomic mass is 16.5. The average molecular weight is 204 g/mol. The Morgan fingerprint density at radius 3 is 2.73 bits per heavy atom. The topological polar surface area (TPSA) is 46.5 Å². The van der Waals surface area contributed by atoms with E-state index in [9.17, 15) is 9.90 Å². The molecule has 15 heavy (non-hydrogen) atoms. The van der Waals surface area contributed by atoms with Gasteiger partial charge in [-0.05, 0) is 19.1 Å². The van der Waals surface area contributed by atoms with Crippen LogP contribution in [0.3, 0.4) is 0 Å². The largest absolute Gasteiger partial charge is 0.463 e. The van der Waals surface area contributed by atoms with Gasteiger partial charge in [0.05, 0.1) is 6.61 Å². The van der Waals surface area contributed by atoms with Crippen molar-refractivity contribution in [3.05, 3.63) is 35.9 Å². The summed E-state index contributed by atoms with van der Waals surface area (Å²) in [5.41, 5.74) is 0.751. The van der Waals surface area contributed by atoms with Crippen LogP contribution in [-0.4, -0.2) is 23.8 Å². The monoisotopic (exact) mass is 204 g/mol. The van der Waals surface area contributed by atoms with Crippen molar-refractivity contribution < 1.29 is 14.6 Å². The van der Waals surface area contributed by atoms with E-state index in [0.717, 1.165) is 5.56 Å². The van der Waals surface area contributed by atoms with Crippen LogP contribution >= 0.6 is 0 Å². The normalized spacial score (nSPS) is 11.1. The van der Waals surface area contributed by atoms with Crippen molar-refractivity contribution in [1.82, 2.24) is 0 Å². The van der Waals surface area contributed by atoms with Crippen LogP contribution in [0.4, 0.5) is 0 Å². The zero-order valence-electron chi connectivity index (χ0n) is 8.43. The van der Waals surface area contributed by atoms with Gasteiger partial charge in [0.15, 0.2) is 0 Å². The van der Waals surface area contributed by atoms with Crippen molar-refractivity contribution in [2.45, 2.75) is 13.0 Å². The van der Waals surface area contributed by atoms with Gasteiger partial charge in [0.2, 0.25) is 6.10 Å². The molecule has 0 fully saturated rings. The van der Waals surface area contributed by atoms with Crippen molar-refractivity contribution in [2.75, 3.05) is 6.61 Å². The summed E-state index contributed by atoms with van der Waals surface area (Å²) in [5, 5.41) is 9.26. The first-order valence-corrected chi connectivity index (χ1v) is 4.65. The first kappa shape index (κ1) is 11.3. The molecule has 1 unspecified atom stereocenters. The molecule has 0 aliphatic heterocycles.